The van der Waals surface area contributed by atoms with Crippen molar-refractivity contribution in [2.75, 3.05) is 6.61 Å². The van der Waals surface area contributed by atoms with Gasteiger partial charge in [0.2, 0.25) is 0 Å². The maximum absolute atomic E-state index is 10.9. The molecule has 5 aliphatic carbocycles. The molecule has 2 N–H and O–H groups in total. The molecular formula is C30H50O2. The van der Waals surface area contributed by atoms with Crippen LogP contribution in [0.3, 0.4) is 0 Å². The normalized spacial score (nSPS) is 59.5. The summed E-state index contributed by atoms with van der Waals surface area (Å²) < 4.78 is 0. The maximum atomic E-state index is 10.9. The Kier molecular flexibility index (Phi) is 5.19. The summed E-state index contributed by atoms with van der Waals surface area (Å²) in [6, 6.07) is 0. The second kappa shape index (κ2) is 7.09. The number of allylic oxidation sites excluding steroid dienone is 1. The molecule has 5 rings (SSSR count). The van der Waals surface area contributed by atoms with Crippen LogP contribution in [-0.2, 0) is 0 Å². The molecule has 0 aliphatic heterocycles. The molecule has 0 bridgehead atoms. The molecule has 0 aromatic heterocycles. The van der Waals surface area contributed by atoms with Crippen molar-refractivity contribution in [3.8, 4) is 0 Å². The van der Waals surface area contributed by atoms with Crippen LogP contribution in [-0.4, -0.2) is 22.9 Å². The van der Waals surface area contributed by atoms with Gasteiger partial charge < -0.3 is 10.2 Å². The molecule has 182 valence electrons. The summed E-state index contributed by atoms with van der Waals surface area (Å²) in [7, 11) is 0. The molecule has 0 spiro atoms. The van der Waals surface area contributed by atoms with Crippen molar-refractivity contribution in [2.45, 2.75) is 112 Å². The van der Waals surface area contributed by atoms with Crippen LogP contribution < -0.4 is 0 Å². The third kappa shape index (κ3) is 2.66. The van der Waals surface area contributed by atoms with E-state index in [1.54, 1.807) is 0 Å². The quantitative estimate of drug-likeness (QED) is 0.452. The van der Waals surface area contributed by atoms with E-state index >= 15 is 0 Å². The Hall–Kier alpha value is -0.340. The maximum Gasteiger partial charge on any atom is 0.0618 e. The van der Waals surface area contributed by atoms with Crippen LogP contribution in [0.15, 0.2) is 12.2 Å². The highest BCUT2D eigenvalue weighted by Crippen LogP contribution is 2.77. The Morgan fingerprint density at radius 1 is 0.812 bits per heavy atom. The second-order valence-electron chi connectivity index (χ2n) is 14.6. The molecule has 32 heavy (non-hydrogen) atoms. The minimum atomic E-state index is -0.355. The van der Waals surface area contributed by atoms with Crippen molar-refractivity contribution in [1.29, 1.82) is 0 Å². The molecule has 2 heteroatoms. The van der Waals surface area contributed by atoms with E-state index in [0.29, 0.717) is 28.1 Å². The predicted octanol–water partition coefficient (Wildman–Crippen LogP) is 7.00. The van der Waals surface area contributed by atoms with Crippen molar-refractivity contribution >= 4 is 0 Å². The molecule has 0 heterocycles. The summed E-state index contributed by atoms with van der Waals surface area (Å²) in [6.07, 6.45) is 12.3. The zero-order valence-corrected chi connectivity index (χ0v) is 21.8. The summed E-state index contributed by atoms with van der Waals surface area (Å²) in [5, 5.41) is 21.3. The number of aliphatic hydroxyl groups excluding tert-OH is 2. The van der Waals surface area contributed by atoms with E-state index in [1.165, 1.54) is 56.9 Å². The molecule has 0 aromatic carbocycles. The summed E-state index contributed by atoms with van der Waals surface area (Å²) in [5.41, 5.74) is 2.62. The first-order valence-corrected chi connectivity index (χ1v) is 13.8. The summed E-state index contributed by atoms with van der Waals surface area (Å²) in [4.78, 5) is 0. The summed E-state index contributed by atoms with van der Waals surface area (Å²) in [5.74, 6) is 3.51. The predicted molar refractivity (Wildman–Crippen MR) is 132 cm³/mol. The number of aliphatic hydroxyl groups is 2. The highest BCUT2D eigenvalue weighted by Gasteiger charge is 2.70. The van der Waals surface area contributed by atoms with Gasteiger partial charge in [0.05, 0.1) is 12.7 Å². The number of fused-ring (bicyclic) bond motifs is 7. The lowest BCUT2D eigenvalue weighted by Gasteiger charge is -2.73. The highest BCUT2D eigenvalue weighted by atomic mass is 16.3. The Labute approximate surface area is 197 Å². The van der Waals surface area contributed by atoms with Gasteiger partial charge in [0.1, 0.15) is 0 Å². The highest BCUT2D eigenvalue weighted by molar-refractivity contribution is 5.21. The van der Waals surface area contributed by atoms with Crippen molar-refractivity contribution in [1.82, 2.24) is 0 Å². The third-order valence-corrected chi connectivity index (χ3v) is 13.6. The first kappa shape index (κ1) is 23.4. The summed E-state index contributed by atoms with van der Waals surface area (Å²) in [6.45, 7) is 19.6. The lowest BCUT2D eigenvalue weighted by Crippen LogP contribution is -2.67. The van der Waals surface area contributed by atoms with Gasteiger partial charge in [0.25, 0.3) is 0 Å². The van der Waals surface area contributed by atoms with Gasteiger partial charge in [-0.2, -0.15) is 0 Å². The molecule has 5 aliphatic rings. The van der Waals surface area contributed by atoms with E-state index in [-0.39, 0.29) is 23.5 Å². The average Bonchev–Trinajstić information content (AvgIpc) is 3.09. The van der Waals surface area contributed by atoms with Crippen LogP contribution in [0.1, 0.15) is 106 Å². The van der Waals surface area contributed by atoms with Crippen molar-refractivity contribution in [3.63, 3.8) is 0 Å². The standard InChI is InChI=1S/C30H50O2/c1-19(2)20-10-13-26(3)16-17-29(6)21(25(20)26)8-9-23-27(4)14-12-24(32)28(5,18-31)22(27)11-15-30(23,29)7/h20-25,31-32H,1,8-18H2,2-7H3/t20-,21+,22-,23+,24+,25-,26+,27-,28+,29+,30+/m0/s1. The molecule has 2 nitrogen and oxygen atoms in total. The molecule has 0 saturated heterocycles. The molecule has 0 aromatic rings. The molecule has 11 atom stereocenters. The van der Waals surface area contributed by atoms with Crippen LogP contribution in [0.5, 0.6) is 0 Å². The molecule has 0 unspecified atom stereocenters. The van der Waals surface area contributed by atoms with Gasteiger partial charge in [-0.25, -0.2) is 0 Å². The van der Waals surface area contributed by atoms with Crippen LogP contribution >= 0.6 is 0 Å². The number of hydrogen-bond donors (Lipinski definition) is 2. The topological polar surface area (TPSA) is 40.5 Å². The molecule has 5 saturated carbocycles. The van der Waals surface area contributed by atoms with Crippen molar-refractivity contribution < 1.29 is 10.2 Å². The summed E-state index contributed by atoms with van der Waals surface area (Å²) >= 11 is 0. The van der Waals surface area contributed by atoms with Crippen LogP contribution in [0.4, 0.5) is 0 Å². The Bertz CT molecular complexity index is 790. The van der Waals surface area contributed by atoms with E-state index in [1.807, 2.05) is 0 Å². The van der Waals surface area contributed by atoms with Gasteiger partial charge in [0.15, 0.2) is 0 Å². The molecule has 0 amide bonds. The van der Waals surface area contributed by atoms with Gasteiger partial charge >= 0.3 is 0 Å². The first-order chi connectivity index (χ1) is 14.9. The zero-order chi connectivity index (χ0) is 23.3. The lowest BCUT2D eigenvalue weighted by molar-refractivity contribution is -0.253. The smallest absolute Gasteiger partial charge is 0.0618 e. The monoisotopic (exact) mass is 442 g/mol. The van der Waals surface area contributed by atoms with Gasteiger partial charge in [-0.3, -0.25) is 0 Å². The Balaban J connectivity index is 1.54. The fourth-order valence-electron chi connectivity index (χ4n) is 11.5. The van der Waals surface area contributed by atoms with E-state index in [4.69, 9.17) is 0 Å². The van der Waals surface area contributed by atoms with Crippen LogP contribution in [0.25, 0.3) is 0 Å². The van der Waals surface area contributed by atoms with Crippen molar-refractivity contribution in [2.24, 2.45) is 56.7 Å². The molecule has 0 radical (unpaired) electrons. The third-order valence-electron chi connectivity index (χ3n) is 13.6. The van der Waals surface area contributed by atoms with E-state index < -0.39 is 0 Å². The van der Waals surface area contributed by atoms with Crippen LogP contribution in [0, 0.1) is 56.7 Å². The largest absolute Gasteiger partial charge is 0.396 e. The Morgan fingerprint density at radius 3 is 2.19 bits per heavy atom. The number of hydrogen-bond acceptors (Lipinski definition) is 2. The van der Waals surface area contributed by atoms with Gasteiger partial charge in [-0.15, -0.1) is 0 Å². The SMILES string of the molecule is C=C(C)[C@@H]1CC[C@]2(C)CC[C@]3(C)[C@H](CC[C@@H]4[C@@]5(C)CC[C@@H](O)[C@](C)(CO)[C@H]5CC[C@]43C)[C@H]12. The molecule has 5 fully saturated rings. The first-order valence-electron chi connectivity index (χ1n) is 13.8. The fourth-order valence-corrected chi connectivity index (χ4v) is 11.5. The van der Waals surface area contributed by atoms with Crippen molar-refractivity contribution in [3.05, 3.63) is 12.2 Å². The zero-order valence-electron chi connectivity index (χ0n) is 21.8. The second-order valence-corrected chi connectivity index (χ2v) is 14.6. The van der Waals surface area contributed by atoms with E-state index in [9.17, 15) is 10.2 Å². The average molecular weight is 443 g/mol. The minimum absolute atomic E-state index is 0.123. The van der Waals surface area contributed by atoms with Gasteiger partial charge in [-0.1, -0.05) is 46.8 Å². The van der Waals surface area contributed by atoms with E-state index in [0.717, 1.165) is 30.6 Å². The Morgan fingerprint density at radius 2 is 1.53 bits per heavy atom. The number of rotatable bonds is 2. The minimum Gasteiger partial charge on any atom is -0.396 e. The van der Waals surface area contributed by atoms with Crippen LogP contribution in [0.2, 0.25) is 0 Å². The van der Waals surface area contributed by atoms with Gasteiger partial charge in [0, 0.05) is 5.41 Å². The van der Waals surface area contributed by atoms with E-state index in [2.05, 4.69) is 48.1 Å². The fraction of sp³-hybridized carbons (Fsp3) is 0.933. The lowest BCUT2D eigenvalue weighted by atomic mass is 9.32. The van der Waals surface area contributed by atoms with Gasteiger partial charge in [-0.05, 0) is 122 Å². The molecular weight excluding hydrogens is 392 g/mol.